The van der Waals surface area contributed by atoms with Crippen LogP contribution in [0.15, 0.2) is 33.4 Å². The minimum absolute atomic E-state index is 0.655. The molecule has 5 heteroatoms. The summed E-state index contributed by atoms with van der Waals surface area (Å²) in [6, 6.07) is 8.68. The molecule has 2 rings (SSSR count). The Morgan fingerprint density at radius 2 is 2.00 bits per heavy atom. The summed E-state index contributed by atoms with van der Waals surface area (Å²) in [6.07, 6.45) is 2.09. The van der Waals surface area contributed by atoms with Crippen LogP contribution < -0.4 is 5.73 Å². The highest BCUT2D eigenvalue weighted by Gasteiger charge is 2.06. The highest BCUT2D eigenvalue weighted by Crippen LogP contribution is 2.32. The topological polar surface area (TPSA) is 38.9 Å². The van der Waals surface area contributed by atoms with E-state index in [0.717, 1.165) is 11.4 Å². The predicted octanol–water partition coefficient (Wildman–Crippen LogP) is 4.05. The van der Waals surface area contributed by atoms with Crippen molar-refractivity contribution in [2.75, 3.05) is 12.0 Å². The molecule has 0 atom stereocenters. The molecular weight excluding hydrogens is 268 g/mol. The highest BCUT2D eigenvalue weighted by molar-refractivity contribution is 8.00. The summed E-state index contributed by atoms with van der Waals surface area (Å²) in [5.41, 5.74) is 8.05. The summed E-state index contributed by atoms with van der Waals surface area (Å²) in [5.74, 6) is 0.969. The molecule has 0 fully saturated rings. The lowest BCUT2D eigenvalue weighted by atomic mass is 10.2. The van der Waals surface area contributed by atoms with E-state index in [9.17, 15) is 0 Å². The van der Waals surface area contributed by atoms with Gasteiger partial charge in [0.1, 0.15) is 0 Å². The molecule has 2 nitrogen and oxygen atoms in total. The second-order valence-corrected chi connectivity index (χ2v) is 6.72. The summed E-state index contributed by atoms with van der Waals surface area (Å²) in [6.45, 7) is 2.01. The number of nitrogens with two attached hydrogens (primary N) is 1. The molecule has 0 saturated carbocycles. The lowest BCUT2D eigenvalue weighted by molar-refractivity contribution is 1.21. The van der Waals surface area contributed by atoms with Crippen LogP contribution in [0.4, 0.5) is 5.13 Å². The third-order valence-electron chi connectivity index (χ3n) is 2.30. The second kappa shape index (κ2) is 5.80. The molecule has 0 bridgehead atoms. The molecule has 17 heavy (non-hydrogen) atoms. The van der Waals surface area contributed by atoms with Crippen LogP contribution in [0.25, 0.3) is 0 Å². The van der Waals surface area contributed by atoms with Gasteiger partial charge in [0.15, 0.2) is 5.13 Å². The van der Waals surface area contributed by atoms with Crippen molar-refractivity contribution in [3.05, 3.63) is 35.5 Å². The maximum atomic E-state index is 5.68. The zero-order valence-corrected chi connectivity index (χ0v) is 12.2. The Morgan fingerprint density at radius 1 is 1.29 bits per heavy atom. The van der Waals surface area contributed by atoms with E-state index in [1.54, 1.807) is 34.9 Å². The van der Waals surface area contributed by atoms with Gasteiger partial charge in [-0.3, -0.25) is 0 Å². The first kappa shape index (κ1) is 12.8. The third kappa shape index (κ3) is 3.40. The van der Waals surface area contributed by atoms with Crippen molar-refractivity contribution < 1.29 is 0 Å². The number of nitrogens with zero attached hydrogens (tertiary/aromatic N) is 1. The van der Waals surface area contributed by atoms with Crippen LogP contribution in [0.2, 0.25) is 0 Å². The molecule has 0 spiro atoms. The maximum absolute atomic E-state index is 5.68. The monoisotopic (exact) mass is 282 g/mol. The van der Waals surface area contributed by atoms with E-state index < -0.39 is 0 Å². The van der Waals surface area contributed by atoms with E-state index in [2.05, 4.69) is 35.5 Å². The van der Waals surface area contributed by atoms with E-state index in [0.29, 0.717) is 5.13 Å². The number of thiazole rings is 1. The maximum Gasteiger partial charge on any atom is 0.181 e. The summed E-state index contributed by atoms with van der Waals surface area (Å²) in [5, 5.41) is 0.655. The molecule has 0 amide bonds. The number of aromatic nitrogens is 1. The van der Waals surface area contributed by atoms with Crippen molar-refractivity contribution >= 4 is 40.0 Å². The first-order valence-electron chi connectivity index (χ1n) is 5.17. The number of nitrogen functional groups attached to an aromatic ring is 1. The second-order valence-electron chi connectivity index (χ2n) is 3.56. The quantitative estimate of drug-likeness (QED) is 0.859. The third-order valence-corrected chi connectivity index (χ3v) is 5.46. The molecule has 1 aromatic heterocycles. The van der Waals surface area contributed by atoms with Crippen molar-refractivity contribution in [1.82, 2.24) is 4.98 Å². The molecule has 0 aliphatic heterocycles. The Morgan fingerprint density at radius 3 is 2.53 bits per heavy atom. The Bertz CT molecular complexity index is 491. The molecule has 1 aromatic carbocycles. The van der Waals surface area contributed by atoms with E-state index in [1.807, 2.05) is 6.92 Å². The van der Waals surface area contributed by atoms with E-state index in [1.165, 1.54) is 14.7 Å². The highest BCUT2D eigenvalue weighted by atomic mass is 32.2. The fourth-order valence-corrected chi connectivity index (χ4v) is 3.79. The van der Waals surface area contributed by atoms with E-state index in [-0.39, 0.29) is 0 Å². The van der Waals surface area contributed by atoms with Gasteiger partial charge in [-0.05, 0) is 30.9 Å². The van der Waals surface area contributed by atoms with Crippen molar-refractivity contribution in [3.8, 4) is 0 Å². The fraction of sp³-hybridized carbons (Fsp3) is 0.250. The first-order chi connectivity index (χ1) is 8.19. The molecule has 0 aliphatic rings. The molecule has 90 valence electrons. The smallest absolute Gasteiger partial charge is 0.181 e. The molecule has 2 N–H and O–H groups in total. The van der Waals surface area contributed by atoms with Gasteiger partial charge in [0.25, 0.3) is 0 Å². The molecular formula is C12H14N2S3. The summed E-state index contributed by atoms with van der Waals surface area (Å²) < 4.78 is 1.22. The minimum atomic E-state index is 0.655. The number of aryl methyl sites for hydroxylation is 1. The van der Waals surface area contributed by atoms with Crippen molar-refractivity contribution in [3.63, 3.8) is 0 Å². The van der Waals surface area contributed by atoms with Crippen molar-refractivity contribution in [2.24, 2.45) is 0 Å². The fourth-order valence-electron chi connectivity index (χ4n) is 1.41. The largest absolute Gasteiger partial charge is 0.375 e. The van der Waals surface area contributed by atoms with Crippen molar-refractivity contribution in [1.29, 1.82) is 0 Å². The standard InChI is InChI=1S/C12H14N2S3/c1-8-11(17-12(13)14-8)16-7-9-3-5-10(15-2)6-4-9/h3-6H,7H2,1-2H3,(H2,13,14). The average Bonchev–Trinajstić information content (AvgIpc) is 2.66. The van der Waals surface area contributed by atoms with Crippen LogP contribution in [0.5, 0.6) is 0 Å². The van der Waals surface area contributed by atoms with Crippen LogP contribution in [0, 0.1) is 6.92 Å². The van der Waals surface area contributed by atoms with Gasteiger partial charge in [0.2, 0.25) is 0 Å². The molecule has 2 aromatic rings. The number of thioether (sulfide) groups is 2. The van der Waals surface area contributed by atoms with Crippen LogP contribution in [0.3, 0.4) is 0 Å². The molecule has 1 heterocycles. The lowest BCUT2D eigenvalue weighted by Crippen LogP contribution is -1.81. The van der Waals surface area contributed by atoms with Gasteiger partial charge in [-0.15, -0.1) is 23.5 Å². The zero-order valence-electron chi connectivity index (χ0n) is 9.77. The minimum Gasteiger partial charge on any atom is -0.375 e. The predicted molar refractivity (Wildman–Crippen MR) is 79.0 cm³/mol. The van der Waals surface area contributed by atoms with Crippen LogP contribution in [-0.2, 0) is 5.75 Å². The molecule has 0 radical (unpaired) electrons. The lowest BCUT2D eigenvalue weighted by Gasteiger charge is -2.01. The summed E-state index contributed by atoms with van der Waals surface area (Å²) >= 11 is 5.14. The molecule has 0 saturated heterocycles. The van der Waals surface area contributed by atoms with Gasteiger partial charge in [-0.1, -0.05) is 23.5 Å². The normalized spacial score (nSPS) is 10.7. The zero-order chi connectivity index (χ0) is 12.3. The van der Waals surface area contributed by atoms with Crippen LogP contribution in [-0.4, -0.2) is 11.2 Å². The van der Waals surface area contributed by atoms with Gasteiger partial charge in [0, 0.05) is 10.6 Å². The Balaban J connectivity index is 1.99. The van der Waals surface area contributed by atoms with Crippen molar-refractivity contribution in [2.45, 2.75) is 21.8 Å². The van der Waals surface area contributed by atoms with Crippen LogP contribution in [0.1, 0.15) is 11.3 Å². The molecule has 0 unspecified atom stereocenters. The number of benzene rings is 1. The van der Waals surface area contributed by atoms with Gasteiger partial charge in [-0.25, -0.2) is 4.98 Å². The Kier molecular flexibility index (Phi) is 4.36. The summed E-state index contributed by atoms with van der Waals surface area (Å²) in [7, 11) is 0. The van der Waals surface area contributed by atoms with E-state index >= 15 is 0 Å². The number of anilines is 1. The van der Waals surface area contributed by atoms with Crippen LogP contribution >= 0.6 is 34.9 Å². The van der Waals surface area contributed by atoms with Gasteiger partial charge in [0.05, 0.1) is 9.90 Å². The van der Waals surface area contributed by atoms with Gasteiger partial charge < -0.3 is 5.73 Å². The van der Waals surface area contributed by atoms with Gasteiger partial charge in [-0.2, -0.15) is 0 Å². The summed E-state index contributed by atoms with van der Waals surface area (Å²) in [4.78, 5) is 5.53. The average molecular weight is 282 g/mol. The van der Waals surface area contributed by atoms with E-state index in [4.69, 9.17) is 5.73 Å². The van der Waals surface area contributed by atoms with Gasteiger partial charge >= 0.3 is 0 Å². The first-order valence-corrected chi connectivity index (χ1v) is 8.20. The number of hydrogen-bond acceptors (Lipinski definition) is 5. The molecule has 0 aliphatic carbocycles. The Hall–Kier alpha value is -0.650. The number of hydrogen-bond donors (Lipinski definition) is 1. The Labute approximate surface area is 114 Å². The number of rotatable bonds is 4. The SMILES string of the molecule is CSc1ccc(CSc2sc(N)nc2C)cc1.